The van der Waals surface area contributed by atoms with Crippen molar-refractivity contribution in [3.05, 3.63) is 24.0 Å². The minimum absolute atomic E-state index is 0.182. The average Bonchev–Trinajstić information content (AvgIpc) is 2.42. The Morgan fingerprint density at radius 1 is 1.29 bits per heavy atom. The quantitative estimate of drug-likeness (QED) is 0.458. The van der Waals surface area contributed by atoms with Crippen molar-refractivity contribution < 1.29 is 18.7 Å². The van der Waals surface area contributed by atoms with Crippen molar-refractivity contribution in [2.75, 3.05) is 20.3 Å². The number of rotatable bonds is 6. The predicted molar refractivity (Wildman–Crippen MR) is 84.2 cm³/mol. The van der Waals surface area contributed by atoms with Crippen molar-refractivity contribution in [3.63, 3.8) is 0 Å². The highest BCUT2D eigenvalue weighted by molar-refractivity contribution is 6.74. The molecular weight excluding hydrogens is 286 g/mol. The summed E-state index contributed by atoms with van der Waals surface area (Å²) in [7, 11) is -0.420. The zero-order valence-electron chi connectivity index (χ0n) is 13.7. The fourth-order valence-corrected chi connectivity index (χ4v) is 2.42. The maximum Gasteiger partial charge on any atom is 0.356 e. The normalized spacial score (nSPS) is 12.1. The molecule has 0 fully saturated rings. The first-order valence-corrected chi connectivity index (χ1v) is 9.89. The Labute approximate surface area is 127 Å². The third-order valence-electron chi connectivity index (χ3n) is 3.75. The Bertz CT molecular complexity index is 483. The fourth-order valence-electron chi connectivity index (χ4n) is 1.39. The van der Waals surface area contributed by atoms with Crippen LogP contribution in [0.15, 0.2) is 18.3 Å². The Morgan fingerprint density at radius 3 is 2.52 bits per heavy atom. The second-order valence-electron chi connectivity index (χ2n) is 6.33. The lowest BCUT2D eigenvalue weighted by Gasteiger charge is -2.36. The molecule has 1 heterocycles. The van der Waals surface area contributed by atoms with Gasteiger partial charge in [0, 0.05) is 12.3 Å². The highest BCUT2D eigenvalue weighted by Gasteiger charge is 2.36. The first-order chi connectivity index (χ1) is 9.67. The summed E-state index contributed by atoms with van der Waals surface area (Å²) in [4.78, 5) is 15.3. The van der Waals surface area contributed by atoms with Gasteiger partial charge in [0.05, 0.1) is 13.7 Å². The van der Waals surface area contributed by atoms with Gasteiger partial charge < -0.3 is 13.9 Å². The topological polar surface area (TPSA) is 57.7 Å². The Balaban J connectivity index is 2.48. The molecule has 21 heavy (non-hydrogen) atoms. The van der Waals surface area contributed by atoms with Gasteiger partial charge in [0.15, 0.2) is 14.0 Å². The van der Waals surface area contributed by atoms with Crippen molar-refractivity contribution in [1.29, 1.82) is 0 Å². The number of aromatic nitrogens is 1. The van der Waals surface area contributed by atoms with Crippen LogP contribution in [-0.2, 0) is 9.16 Å². The van der Waals surface area contributed by atoms with Crippen LogP contribution in [0.2, 0.25) is 18.1 Å². The van der Waals surface area contributed by atoms with Crippen LogP contribution in [0.4, 0.5) is 0 Å². The van der Waals surface area contributed by atoms with Crippen molar-refractivity contribution in [2.24, 2.45) is 0 Å². The van der Waals surface area contributed by atoms with Gasteiger partial charge in [-0.25, -0.2) is 9.78 Å². The molecule has 5 nitrogen and oxygen atoms in total. The molecule has 0 spiro atoms. The van der Waals surface area contributed by atoms with E-state index in [9.17, 15) is 4.79 Å². The van der Waals surface area contributed by atoms with E-state index in [1.807, 2.05) is 0 Å². The van der Waals surface area contributed by atoms with Gasteiger partial charge in [0.25, 0.3) is 0 Å². The van der Waals surface area contributed by atoms with E-state index in [2.05, 4.69) is 43.6 Å². The molecular formula is C15H25NO4Si. The van der Waals surface area contributed by atoms with Crippen LogP contribution in [0, 0.1) is 0 Å². The molecule has 0 aliphatic rings. The number of hydrogen-bond acceptors (Lipinski definition) is 5. The van der Waals surface area contributed by atoms with Crippen molar-refractivity contribution in [2.45, 2.75) is 38.9 Å². The number of carbonyl (C=O) groups excluding carboxylic acids is 1. The Kier molecular flexibility index (Phi) is 5.92. The Morgan fingerprint density at radius 2 is 1.95 bits per heavy atom. The third kappa shape index (κ3) is 5.13. The fraction of sp³-hybridized carbons (Fsp3) is 0.600. The SMILES string of the molecule is COC(=O)c1cc(OCCO[Si](C)(C)C(C)(C)C)ccn1. The molecule has 0 bridgehead atoms. The van der Waals surface area contributed by atoms with Gasteiger partial charge in [-0.15, -0.1) is 0 Å². The van der Waals surface area contributed by atoms with E-state index in [-0.39, 0.29) is 10.7 Å². The summed E-state index contributed by atoms with van der Waals surface area (Å²) in [6.07, 6.45) is 1.52. The second kappa shape index (κ2) is 7.04. The van der Waals surface area contributed by atoms with Crippen molar-refractivity contribution >= 4 is 14.3 Å². The third-order valence-corrected chi connectivity index (χ3v) is 8.29. The number of methoxy groups -OCH3 is 1. The predicted octanol–water partition coefficient (Wildman–Crippen LogP) is 3.27. The van der Waals surface area contributed by atoms with E-state index < -0.39 is 14.3 Å². The van der Waals surface area contributed by atoms with E-state index in [1.54, 1.807) is 12.1 Å². The summed E-state index contributed by atoms with van der Waals surface area (Å²) >= 11 is 0. The van der Waals surface area contributed by atoms with Gasteiger partial charge in [0.1, 0.15) is 12.4 Å². The molecule has 118 valence electrons. The smallest absolute Gasteiger partial charge is 0.356 e. The van der Waals surface area contributed by atoms with Crippen LogP contribution in [0.25, 0.3) is 0 Å². The van der Waals surface area contributed by atoms with Gasteiger partial charge >= 0.3 is 5.97 Å². The van der Waals surface area contributed by atoms with Crippen LogP contribution in [-0.4, -0.2) is 39.6 Å². The van der Waals surface area contributed by atoms with E-state index in [1.165, 1.54) is 13.3 Å². The maximum atomic E-state index is 11.4. The first-order valence-electron chi connectivity index (χ1n) is 6.98. The maximum absolute atomic E-state index is 11.4. The lowest BCUT2D eigenvalue weighted by Crippen LogP contribution is -2.41. The molecule has 0 saturated heterocycles. The molecule has 0 saturated carbocycles. The summed E-state index contributed by atoms with van der Waals surface area (Å²) in [5.74, 6) is 0.113. The molecule has 0 amide bonds. The van der Waals surface area contributed by atoms with Crippen LogP contribution in [0.1, 0.15) is 31.3 Å². The molecule has 0 radical (unpaired) electrons. The monoisotopic (exact) mass is 311 g/mol. The zero-order chi connectivity index (χ0) is 16.1. The highest BCUT2D eigenvalue weighted by atomic mass is 28.4. The lowest BCUT2D eigenvalue weighted by molar-refractivity contribution is 0.0593. The molecule has 0 atom stereocenters. The minimum Gasteiger partial charge on any atom is -0.491 e. The van der Waals surface area contributed by atoms with Crippen molar-refractivity contribution in [1.82, 2.24) is 4.98 Å². The van der Waals surface area contributed by atoms with Crippen LogP contribution in [0.5, 0.6) is 5.75 Å². The van der Waals surface area contributed by atoms with Crippen LogP contribution >= 0.6 is 0 Å². The summed E-state index contributed by atoms with van der Waals surface area (Å²) < 4.78 is 16.2. The number of nitrogens with zero attached hydrogens (tertiary/aromatic N) is 1. The van der Waals surface area contributed by atoms with Gasteiger partial charge in [-0.1, -0.05) is 20.8 Å². The van der Waals surface area contributed by atoms with Gasteiger partial charge in [-0.2, -0.15) is 0 Å². The van der Waals surface area contributed by atoms with Crippen molar-refractivity contribution in [3.8, 4) is 5.75 Å². The van der Waals surface area contributed by atoms with Gasteiger partial charge in [0.2, 0.25) is 0 Å². The molecule has 1 rings (SSSR count). The first kappa shape index (κ1) is 17.6. The number of esters is 1. The van der Waals surface area contributed by atoms with E-state index >= 15 is 0 Å². The van der Waals surface area contributed by atoms with Crippen LogP contribution in [0.3, 0.4) is 0 Å². The molecule has 0 aromatic carbocycles. The van der Waals surface area contributed by atoms with Gasteiger partial charge in [-0.05, 0) is 24.2 Å². The number of ether oxygens (including phenoxy) is 2. The molecule has 0 N–H and O–H groups in total. The van der Waals surface area contributed by atoms with Gasteiger partial charge in [-0.3, -0.25) is 0 Å². The molecule has 1 aromatic rings. The zero-order valence-corrected chi connectivity index (χ0v) is 14.7. The summed E-state index contributed by atoms with van der Waals surface area (Å²) in [5.41, 5.74) is 0.236. The summed E-state index contributed by atoms with van der Waals surface area (Å²) in [6.45, 7) is 12.0. The molecule has 6 heteroatoms. The standard InChI is InChI=1S/C15H25NO4Si/c1-15(2,3)21(5,6)20-10-9-19-12-7-8-16-13(11-12)14(17)18-4/h7-8,11H,9-10H2,1-6H3. The molecule has 0 unspecified atom stereocenters. The number of carbonyl (C=O) groups is 1. The largest absolute Gasteiger partial charge is 0.491 e. The summed E-state index contributed by atoms with van der Waals surface area (Å²) in [6, 6.07) is 3.27. The molecule has 1 aromatic heterocycles. The Hall–Kier alpha value is -1.40. The minimum atomic E-state index is -1.74. The lowest BCUT2D eigenvalue weighted by atomic mass is 10.2. The molecule has 0 aliphatic heterocycles. The van der Waals surface area contributed by atoms with E-state index in [0.717, 1.165) is 0 Å². The average molecular weight is 311 g/mol. The molecule has 0 aliphatic carbocycles. The number of pyridine rings is 1. The summed E-state index contributed by atoms with van der Waals surface area (Å²) in [5, 5.41) is 0.182. The second-order valence-corrected chi connectivity index (χ2v) is 11.1. The van der Waals surface area contributed by atoms with E-state index in [0.29, 0.717) is 19.0 Å². The highest BCUT2D eigenvalue weighted by Crippen LogP contribution is 2.36. The van der Waals surface area contributed by atoms with Crippen LogP contribution < -0.4 is 4.74 Å². The number of hydrogen-bond donors (Lipinski definition) is 0. The van der Waals surface area contributed by atoms with E-state index in [4.69, 9.17) is 9.16 Å².